The molecule has 11 nitrogen and oxygen atoms in total. The molecule has 2 aliphatic heterocycles. The molecule has 4 aliphatic rings. The van der Waals surface area contributed by atoms with Crippen LogP contribution in [0.4, 0.5) is 11.9 Å². The van der Waals surface area contributed by atoms with Gasteiger partial charge in [0.05, 0.1) is 66.5 Å². The van der Waals surface area contributed by atoms with Crippen molar-refractivity contribution < 1.29 is 25.5 Å². The van der Waals surface area contributed by atoms with Crippen molar-refractivity contribution in [2.75, 3.05) is 42.6 Å². The van der Waals surface area contributed by atoms with E-state index in [-0.39, 0.29) is 24.6 Å². The van der Waals surface area contributed by atoms with Crippen LogP contribution in [0.3, 0.4) is 0 Å². The zero-order chi connectivity index (χ0) is 32.4. The number of imidazole rings is 2. The molecule has 5 N–H and O–H groups in total. The highest BCUT2D eigenvalue weighted by Gasteiger charge is 2.44. The highest BCUT2D eigenvalue weighted by Crippen LogP contribution is 2.43. The predicted octanol–water partition coefficient (Wildman–Crippen LogP) is 4.44. The Bertz CT molecular complexity index is 1750. The van der Waals surface area contributed by atoms with Crippen molar-refractivity contribution >= 4 is 80.4 Å². The van der Waals surface area contributed by atoms with Crippen LogP contribution in [0.15, 0.2) is 24.3 Å². The average molecular weight is 714 g/mol. The van der Waals surface area contributed by atoms with Gasteiger partial charge in [-0.2, -0.15) is 0 Å². The van der Waals surface area contributed by atoms with Gasteiger partial charge in [-0.1, -0.05) is 46.4 Å². The summed E-state index contributed by atoms with van der Waals surface area (Å²) < 4.78 is 4.05. The molecule has 4 fully saturated rings. The van der Waals surface area contributed by atoms with E-state index < -0.39 is 24.4 Å². The van der Waals surface area contributed by atoms with Gasteiger partial charge in [-0.25, -0.2) is 9.97 Å². The molecular formula is C31H36Cl4N6O5. The Balaban J connectivity index is 0.000000147. The summed E-state index contributed by atoms with van der Waals surface area (Å²) in [5.74, 6) is 1.28. The van der Waals surface area contributed by atoms with Gasteiger partial charge in [0.1, 0.15) is 6.10 Å². The molecule has 0 amide bonds. The molecule has 2 saturated carbocycles. The van der Waals surface area contributed by atoms with E-state index in [1.54, 1.807) is 18.2 Å². The van der Waals surface area contributed by atoms with E-state index >= 15 is 0 Å². The van der Waals surface area contributed by atoms with E-state index in [0.717, 1.165) is 67.5 Å². The number of hydrogen-bond donors (Lipinski definition) is 5. The molecule has 46 heavy (non-hydrogen) atoms. The van der Waals surface area contributed by atoms with Gasteiger partial charge < -0.3 is 44.5 Å². The maximum absolute atomic E-state index is 10.5. The van der Waals surface area contributed by atoms with Crippen LogP contribution in [0.2, 0.25) is 20.1 Å². The smallest absolute Gasteiger partial charge is 0.206 e. The summed E-state index contributed by atoms with van der Waals surface area (Å²) in [7, 11) is 0. The van der Waals surface area contributed by atoms with Crippen molar-refractivity contribution in [3.05, 3.63) is 44.4 Å². The number of fused-ring (bicyclic) bond motifs is 2. The first-order valence-corrected chi connectivity index (χ1v) is 17.1. The number of anilines is 2. The lowest BCUT2D eigenvalue weighted by molar-refractivity contribution is -0.00354. The van der Waals surface area contributed by atoms with Crippen molar-refractivity contribution in [1.29, 1.82) is 0 Å². The molecule has 0 radical (unpaired) electrons. The van der Waals surface area contributed by atoms with Gasteiger partial charge in [0.25, 0.3) is 0 Å². The van der Waals surface area contributed by atoms with Crippen molar-refractivity contribution in [2.45, 2.75) is 68.6 Å². The predicted molar refractivity (Wildman–Crippen MR) is 180 cm³/mol. The third-order valence-corrected chi connectivity index (χ3v) is 11.3. The fraction of sp³-hybridized carbons (Fsp3) is 0.548. The Labute approximate surface area is 285 Å². The second-order valence-electron chi connectivity index (χ2n) is 12.7. The number of aliphatic hydroxyl groups excluding tert-OH is 5. The van der Waals surface area contributed by atoms with E-state index in [0.29, 0.717) is 44.9 Å². The van der Waals surface area contributed by atoms with Crippen LogP contribution in [0.1, 0.15) is 44.2 Å². The van der Waals surface area contributed by atoms with Crippen LogP contribution in [0.25, 0.3) is 22.1 Å². The quantitative estimate of drug-likeness (QED) is 0.203. The molecule has 0 spiro atoms. The average Bonchev–Trinajstić information content (AvgIpc) is 3.67. The van der Waals surface area contributed by atoms with E-state index in [4.69, 9.17) is 51.4 Å². The lowest BCUT2D eigenvalue weighted by Crippen LogP contribution is -2.40. The molecule has 15 heteroatoms. The van der Waals surface area contributed by atoms with Crippen LogP contribution in [0.5, 0.6) is 0 Å². The van der Waals surface area contributed by atoms with E-state index in [1.165, 1.54) is 0 Å². The number of aliphatic hydroxyl groups is 5. The van der Waals surface area contributed by atoms with Crippen LogP contribution in [0, 0.1) is 5.92 Å². The Hall–Kier alpha value is -2.06. The molecule has 1 unspecified atom stereocenters. The highest BCUT2D eigenvalue weighted by molar-refractivity contribution is 6.43. The fourth-order valence-electron chi connectivity index (χ4n) is 7.04. The molecule has 2 saturated heterocycles. The van der Waals surface area contributed by atoms with Crippen LogP contribution in [-0.4, -0.2) is 102 Å². The highest BCUT2D eigenvalue weighted by atomic mass is 35.5. The van der Waals surface area contributed by atoms with Gasteiger partial charge >= 0.3 is 0 Å². The van der Waals surface area contributed by atoms with Gasteiger partial charge in [-0.05, 0) is 56.4 Å². The van der Waals surface area contributed by atoms with E-state index in [2.05, 4.69) is 19.4 Å². The van der Waals surface area contributed by atoms with Crippen LogP contribution in [-0.2, 0) is 0 Å². The van der Waals surface area contributed by atoms with Crippen LogP contribution >= 0.6 is 46.4 Å². The third-order valence-electron chi connectivity index (χ3n) is 9.88. The zero-order valence-corrected chi connectivity index (χ0v) is 27.9. The molecule has 8 rings (SSSR count). The SMILES string of the molecule is OC[C@@H]1C[C@H](n2c(N3CCC3)nc3cc(Cl)c(Cl)cc32)[C@@H](O)[C@@H]1O.O[C@@H]1CC(n2c(N3CCC3)nc3cc(Cl)c(Cl)cc32)C[C@@H]1O. The Morgan fingerprint density at radius 3 is 1.52 bits per heavy atom. The number of hydrogen-bond acceptors (Lipinski definition) is 9. The minimum absolute atomic E-state index is 0.0165. The van der Waals surface area contributed by atoms with Crippen molar-refractivity contribution in [1.82, 2.24) is 19.1 Å². The van der Waals surface area contributed by atoms with E-state index in [1.807, 2.05) is 10.6 Å². The molecule has 2 aromatic carbocycles. The molecule has 7 atom stereocenters. The Morgan fingerprint density at radius 1 is 0.630 bits per heavy atom. The van der Waals surface area contributed by atoms with Gasteiger partial charge in [-0.15, -0.1) is 0 Å². The molecule has 2 aromatic heterocycles. The second kappa shape index (κ2) is 12.8. The number of aromatic nitrogens is 4. The first-order chi connectivity index (χ1) is 22.0. The van der Waals surface area contributed by atoms with Crippen LogP contribution < -0.4 is 9.80 Å². The minimum Gasteiger partial charge on any atom is -0.396 e. The van der Waals surface area contributed by atoms with Crippen molar-refractivity contribution in [3.63, 3.8) is 0 Å². The Kier molecular flexibility index (Phi) is 9.01. The standard InChI is InChI=1S/C16H19Cl2N3O3.C15H17Cl2N3O2/c17-9-5-11-12(6-10(9)18)21(16(19-11)20-2-1-3-20)13-4-8(7-22)14(23)15(13)24;16-9-6-11-12(7-10(9)17)20(8-4-13(21)14(22)5-8)15(18-11)19-2-1-3-19/h5-6,8,13-15,22-24H,1-4,7H2;6-8,13-14,21-22H,1-5H2/t8-,13-,14+,15+;8?,13-,14+/m0./s1. The number of halogens is 4. The summed E-state index contributed by atoms with van der Waals surface area (Å²) in [4.78, 5) is 13.7. The number of nitrogens with zero attached hydrogens (tertiary/aromatic N) is 6. The number of benzene rings is 2. The molecule has 0 bridgehead atoms. The molecule has 248 valence electrons. The monoisotopic (exact) mass is 712 g/mol. The second-order valence-corrected chi connectivity index (χ2v) is 14.4. The summed E-state index contributed by atoms with van der Waals surface area (Å²) in [6.07, 6.45) is 0.482. The van der Waals surface area contributed by atoms with Crippen molar-refractivity contribution in [3.8, 4) is 0 Å². The normalized spacial score (nSPS) is 29.3. The zero-order valence-electron chi connectivity index (χ0n) is 24.9. The first-order valence-electron chi connectivity index (χ1n) is 15.6. The molecule has 2 aliphatic carbocycles. The maximum atomic E-state index is 10.5. The maximum Gasteiger partial charge on any atom is 0.206 e. The third kappa shape index (κ3) is 5.61. The van der Waals surface area contributed by atoms with Gasteiger partial charge in [0.2, 0.25) is 11.9 Å². The van der Waals surface area contributed by atoms with Gasteiger partial charge in [-0.3, -0.25) is 0 Å². The topological polar surface area (TPSA) is 143 Å². The summed E-state index contributed by atoms with van der Waals surface area (Å²) in [5, 5.41) is 51.8. The number of rotatable bonds is 5. The lowest BCUT2D eigenvalue weighted by Gasteiger charge is -2.34. The summed E-state index contributed by atoms with van der Waals surface area (Å²) in [5.41, 5.74) is 3.19. The Morgan fingerprint density at radius 2 is 1.09 bits per heavy atom. The summed E-state index contributed by atoms with van der Waals surface area (Å²) in [6, 6.07) is 6.73. The minimum atomic E-state index is -0.964. The fourth-order valence-corrected chi connectivity index (χ4v) is 7.67. The van der Waals surface area contributed by atoms with E-state index in [9.17, 15) is 25.5 Å². The van der Waals surface area contributed by atoms with Crippen molar-refractivity contribution in [2.24, 2.45) is 5.92 Å². The molecule has 4 heterocycles. The largest absolute Gasteiger partial charge is 0.396 e. The molecular weight excluding hydrogens is 678 g/mol. The molecule has 4 aromatic rings. The summed E-state index contributed by atoms with van der Waals surface area (Å²) >= 11 is 24.6. The summed E-state index contributed by atoms with van der Waals surface area (Å²) in [6.45, 7) is 3.59. The van der Waals surface area contributed by atoms with Gasteiger partial charge in [0, 0.05) is 44.7 Å². The van der Waals surface area contributed by atoms with Gasteiger partial charge in [0.15, 0.2) is 0 Å². The first kappa shape index (κ1) is 32.5. The lowest BCUT2D eigenvalue weighted by atomic mass is 10.1.